The standard InChI is InChI=1S/C23H25Cl2N3O/c24-16-5-6-20(18(25)9-16)28-21(17-3-1-2-4-19(17)27-28)22(29)26-23-10-13-7-14(11-23)15(8-13)12-23/h5-6,9,13-15H,1-4,7-8,10-12H2,(H,26,29). The van der Waals surface area contributed by atoms with Gasteiger partial charge in [-0.25, -0.2) is 4.68 Å². The average molecular weight is 430 g/mol. The number of hydrogen-bond acceptors (Lipinski definition) is 2. The second-order valence-electron chi connectivity index (χ2n) is 9.69. The summed E-state index contributed by atoms with van der Waals surface area (Å²) in [6.07, 6.45) is 10.2. The fraction of sp³-hybridized carbons (Fsp3) is 0.565. The molecule has 29 heavy (non-hydrogen) atoms. The van der Waals surface area contributed by atoms with E-state index in [0.717, 1.165) is 79.6 Å². The number of amides is 1. The predicted octanol–water partition coefficient (Wildman–Crippen LogP) is 5.37. The first-order valence-electron chi connectivity index (χ1n) is 10.9. The third kappa shape index (κ3) is 2.86. The van der Waals surface area contributed by atoms with Gasteiger partial charge in [0.1, 0.15) is 5.69 Å². The monoisotopic (exact) mass is 429 g/mol. The topological polar surface area (TPSA) is 46.9 Å². The molecule has 4 nitrogen and oxygen atoms in total. The number of aryl methyl sites for hydroxylation is 1. The van der Waals surface area contributed by atoms with Gasteiger partial charge in [0.2, 0.25) is 0 Å². The quantitative estimate of drug-likeness (QED) is 0.712. The number of rotatable bonds is 3. The molecule has 152 valence electrons. The smallest absolute Gasteiger partial charge is 0.270 e. The van der Waals surface area contributed by atoms with E-state index in [1.807, 2.05) is 6.07 Å². The Morgan fingerprint density at radius 1 is 1.10 bits per heavy atom. The molecular weight excluding hydrogens is 405 g/mol. The summed E-state index contributed by atoms with van der Waals surface area (Å²) in [7, 11) is 0. The van der Waals surface area contributed by atoms with Crippen molar-refractivity contribution >= 4 is 29.1 Å². The SMILES string of the molecule is O=C(NC12CC3CC(C1)C(C3)C2)c1c2c(nn1-c1ccc(Cl)cc1Cl)CCCC2. The lowest BCUT2D eigenvalue weighted by molar-refractivity contribution is 0.0837. The molecule has 4 fully saturated rings. The molecule has 1 amide bonds. The first-order chi connectivity index (χ1) is 14.0. The van der Waals surface area contributed by atoms with Gasteiger partial charge < -0.3 is 5.32 Å². The van der Waals surface area contributed by atoms with E-state index in [1.54, 1.807) is 16.8 Å². The van der Waals surface area contributed by atoms with Crippen molar-refractivity contribution in [2.45, 2.75) is 63.3 Å². The zero-order valence-electron chi connectivity index (χ0n) is 16.4. The van der Waals surface area contributed by atoms with Crippen molar-refractivity contribution in [1.82, 2.24) is 15.1 Å². The fourth-order valence-electron chi connectivity index (χ4n) is 6.88. The van der Waals surface area contributed by atoms with Crippen molar-refractivity contribution in [2.24, 2.45) is 17.8 Å². The van der Waals surface area contributed by atoms with Crippen molar-refractivity contribution in [3.05, 3.63) is 45.2 Å². The molecule has 5 aliphatic carbocycles. The van der Waals surface area contributed by atoms with Crippen molar-refractivity contribution in [3.8, 4) is 5.69 Å². The number of carbonyl (C=O) groups excluding carboxylic acids is 1. The molecule has 0 radical (unpaired) electrons. The van der Waals surface area contributed by atoms with E-state index in [9.17, 15) is 4.79 Å². The molecule has 6 heteroatoms. The molecule has 4 saturated carbocycles. The van der Waals surface area contributed by atoms with Gasteiger partial charge in [-0.1, -0.05) is 23.2 Å². The van der Waals surface area contributed by atoms with Gasteiger partial charge in [0.25, 0.3) is 5.91 Å². The first-order valence-corrected chi connectivity index (χ1v) is 11.7. The Kier molecular flexibility index (Phi) is 4.09. The van der Waals surface area contributed by atoms with Crippen LogP contribution in [0.25, 0.3) is 5.69 Å². The molecule has 2 unspecified atom stereocenters. The summed E-state index contributed by atoms with van der Waals surface area (Å²) in [5, 5.41) is 9.45. The van der Waals surface area contributed by atoms with Crippen LogP contribution in [0.4, 0.5) is 0 Å². The number of carbonyl (C=O) groups is 1. The Balaban J connectivity index is 1.40. The van der Waals surface area contributed by atoms with Crippen LogP contribution in [-0.4, -0.2) is 21.2 Å². The molecule has 1 heterocycles. The van der Waals surface area contributed by atoms with Crippen LogP contribution in [0.1, 0.15) is 66.7 Å². The summed E-state index contributed by atoms with van der Waals surface area (Å²) in [6, 6.07) is 5.38. The highest BCUT2D eigenvalue weighted by atomic mass is 35.5. The van der Waals surface area contributed by atoms with E-state index in [0.29, 0.717) is 15.7 Å². The highest BCUT2D eigenvalue weighted by Crippen LogP contribution is 2.60. The average Bonchev–Trinajstić information content (AvgIpc) is 3.26. The molecule has 2 aromatic rings. The minimum Gasteiger partial charge on any atom is -0.345 e. The molecule has 2 atom stereocenters. The number of aromatic nitrogens is 2. The number of fused-ring (bicyclic) bond motifs is 1. The first kappa shape index (κ1) is 18.3. The second kappa shape index (κ2) is 6.49. The summed E-state index contributed by atoms with van der Waals surface area (Å²) in [6.45, 7) is 0. The van der Waals surface area contributed by atoms with Gasteiger partial charge in [-0.15, -0.1) is 0 Å². The zero-order chi connectivity index (χ0) is 19.8. The van der Waals surface area contributed by atoms with Crippen LogP contribution in [0, 0.1) is 17.8 Å². The Hall–Kier alpha value is -1.52. The lowest BCUT2D eigenvalue weighted by Gasteiger charge is -2.39. The summed E-state index contributed by atoms with van der Waals surface area (Å²) in [4.78, 5) is 13.7. The molecule has 4 bridgehead atoms. The van der Waals surface area contributed by atoms with Gasteiger partial charge in [0, 0.05) is 16.1 Å². The van der Waals surface area contributed by atoms with Crippen LogP contribution < -0.4 is 5.32 Å². The summed E-state index contributed by atoms with van der Waals surface area (Å²) >= 11 is 12.6. The molecule has 7 rings (SSSR count). The maximum Gasteiger partial charge on any atom is 0.270 e. The number of nitrogens with one attached hydrogen (secondary N) is 1. The van der Waals surface area contributed by atoms with Crippen molar-refractivity contribution in [1.29, 1.82) is 0 Å². The summed E-state index contributed by atoms with van der Waals surface area (Å²) in [5.41, 5.74) is 3.55. The summed E-state index contributed by atoms with van der Waals surface area (Å²) < 4.78 is 1.77. The van der Waals surface area contributed by atoms with Gasteiger partial charge >= 0.3 is 0 Å². The van der Waals surface area contributed by atoms with Crippen LogP contribution in [0.3, 0.4) is 0 Å². The lowest BCUT2D eigenvalue weighted by Crippen LogP contribution is -2.51. The molecule has 0 aliphatic heterocycles. The van der Waals surface area contributed by atoms with Gasteiger partial charge in [0.05, 0.1) is 16.4 Å². The molecule has 5 aliphatic rings. The van der Waals surface area contributed by atoms with Crippen molar-refractivity contribution in [3.63, 3.8) is 0 Å². The largest absolute Gasteiger partial charge is 0.345 e. The second-order valence-corrected chi connectivity index (χ2v) is 10.5. The van der Waals surface area contributed by atoms with Crippen LogP contribution in [0.2, 0.25) is 10.0 Å². The zero-order valence-corrected chi connectivity index (χ0v) is 17.9. The van der Waals surface area contributed by atoms with E-state index >= 15 is 0 Å². The minimum absolute atomic E-state index is 0.00593. The predicted molar refractivity (Wildman–Crippen MR) is 114 cm³/mol. The molecule has 0 saturated heterocycles. The van der Waals surface area contributed by atoms with E-state index in [2.05, 4.69) is 5.32 Å². The maximum atomic E-state index is 13.7. The van der Waals surface area contributed by atoms with Crippen molar-refractivity contribution < 1.29 is 4.79 Å². The van der Waals surface area contributed by atoms with E-state index in [-0.39, 0.29) is 11.4 Å². The molecule has 1 aromatic heterocycles. The van der Waals surface area contributed by atoms with Gasteiger partial charge in [-0.05, 0) is 93.7 Å². The molecule has 0 spiro atoms. The maximum absolute atomic E-state index is 13.7. The number of hydrogen-bond donors (Lipinski definition) is 1. The Morgan fingerprint density at radius 3 is 2.59 bits per heavy atom. The van der Waals surface area contributed by atoms with E-state index in [1.165, 1.54) is 12.8 Å². The Bertz CT molecular complexity index is 994. The van der Waals surface area contributed by atoms with E-state index < -0.39 is 0 Å². The third-order valence-electron chi connectivity index (χ3n) is 7.81. The highest BCUT2D eigenvalue weighted by molar-refractivity contribution is 6.35. The minimum atomic E-state index is -0.00593. The van der Waals surface area contributed by atoms with Crippen molar-refractivity contribution in [2.75, 3.05) is 0 Å². The Labute approximate surface area is 180 Å². The number of nitrogens with zero attached hydrogens (tertiary/aromatic N) is 2. The van der Waals surface area contributed by atoms with Gasteiger partial charge in [-0.3, -0.25) is 4.79 Å². The molecular formula is C23H25Cl2N3O. The van der Waals surface area contributed by atoms with Gasteiger partial charge in [0.15, 0.2) is 0 Å². The van der Waals surface area contributed by atoms with Crippen LogP contribution in [-0.2, 0) is 12.8 Å². The fourth-order valence-corrected chi connectivity index (χ4v) is 7.37. The van der Waals surface area contributed by atoms with Gasteiger partial charge in [-0.2, -0.15) is 5.10 Å². The molecule has 1 aromatic carbocycles. The number of benzene rings is 1. The van der Waals surface area contributed by atoms with Crippen LogP contribution >= 0.6 is 23.2 Å². The lowest BCUT2D eigenvalue weighted by atomic mass is 9.75. The van der Waals surface area contributed by atoms with E-state index in [4.69, 9.17) is 28.3 Å². The van der Waals surface area contributed by atoms with Crippen LogP contribution in [0.5, 0.6) is 0 Å². The number of halogens is 2. The summed E-state index contributed by atoms with van der Waals surface area (Å²) in [5.74, 6) is 2.46. The normalized spacial score (nSPS) is 31.9. The third-order valence-corrected chi connectivity index (χ3v) is 8.35. The van der Waals surface area contributed by atoms with Crippen LogP contribution in [0.15, 0.2) is 18.2 Å². The molecule has 1 N–H and O–H groups in total. The highest BCUT2D eigenvalue weighted by Gasteiger charge is 2.56. The Morgan fingerprint density at radius 2 is 1.86 bits per heavy atom.